The van der Waals surface area contributed by atoms with Crippen LogP contribution in [0.4, 0.5) is 0 Å². The average molecular weight is 301 g/mol. The summed E-state index contributed by atoms with van der Waals surface area (Å²) < 4.78 is 32.2. The number of halogens is 1. The smallest absolute Gasteiger partial charge is 0.242 e. The Hall–Kier alpha value is -1.13. The molecule has 19 heavy (non-hydrogen) atoms. The molecule has 5 nitrogen and oxygen atoms in total. The molecule has 0 bridgehead atoms. The largest absolute Gasteiger partial charge is 0.380 e. The molecule has 0 spiro atoms. The first-order chi connectivity index (χ1) is 9.03. The maximum Gasteiger partial charge on any atom is 0.242 e. The number of nitrogens with zero attached hydrogens (tertiary/aromatic N) is 1. The van der Waals surface area contributed by atoms with Gasteiger partial charge in [0.05, 0.1) is 23.3 Å². The summed E-state index contributed by atoms with van der Waals surface area (Å²) in [7, 11) is -3.74. The van der Waals surface area contributed by atoms with Gasteiger partial charge >= 0.3 is 0 Å². The minimum Gasteiger partial charge on any atom is -0.380 e. The van der Waals surface area contributed by atoms with Gasteiger partial charge < -0.3 is 4.74 Å². The van der Waals surface area contributed by atoms with Gasteiger partial charge in [0.25, 0.3) is 0 Å². The van der Waals surface area contributed by atoms with Crippen LogP contribution >= 0.6 is 11.6 Å². The highest BCUT2D eigenvalue weighted by Gasteiger charge is 2.24. The van der Waals surface area contributed by atoms with Gasteiger partial charge in [0.15, 0.2) is 0 Å². The van der Waals surface area contributed by atoms with E-state index >= 15 is 0 Å². The molecular formula is C12H13ClN2O3S. The van der Waals surface area contributed by atoms with Gasteiger partial charge in [-0.05, 0) is 31.0 Å². The summed E-state index contributed by atoms with van der Waals surface area (Å²) in [5.41, 5.74) is 0.254. The zero-order valence-corrected chi connectivity index (χ0v) is 11.7. The molecule has 1 aromatic carbocycles. The minimum atomic E-state index is -3.74. The third-order valence-electron chi connectivity index (χ3n) is 2.83. The van der Waals surface area contributed by atoms with Crippen molar-refractivity contribution in [3.05, 3.63) is 28.8 Å². The molecule has 1 fully saturated rings. The van der Waals surface area contributed by atoms with Crippen LogP contribution in [0.15, 0.2) is 23.1 Å². The molecule has 0 radical (unpaired) electrons. The lowest BCUT2D eigenvalue weighted by atomic mass is 10.1. The van der Waals surface area contributed by atoms with Gasteiger partial charge in [-0.3, -0.25) is 0 Å². The number of nitriles is 1. The van der Waals surface area contributed by atoms with Crippen LogP contribution in [0.2, 0.25) is 5.02 Å². The predicted octanol–water partition coefficient (Wildman–Crippen LogP) is 1.67. The van der Waals surface area contributed by atoms with E-state index in [2.05, 4.69) is 4.72 Å². The second kappa shape index (κ2) is 5.88. The molecule has 1 N–H and O–H groups in total. The highest BCUT2D eigenvalue weighted by Crippen LogP contribution is 2.23. The van der Waals surface area contributed by atoms with Crippen LogP contribution in [0, 0.1) is 11.3 Å². The Morgan fingerprint density at radius 3 is 2.89 bits per heavy atom. The fourth-order valence-corrected chi connectivity index (χ4v) is 3.68. The van der Waals surface area contributed by atoms with E-state index in [-0.39, 0.29) is 21.5 Å². The molecule has 2 rings (SSSR count). The van der Waals surface area contributed by atoms with Crippen LogP contribution in [0.25, 0.3) is 0 Å². The van der Waals surface area contributed by atoms with E-state index in [0.29, 0.717) is 13.2 Å². The Bertz CT molecular complexity index is 604. The highest BCUT2D eigenvalue weighted by molar-refractivity contribution is 7.89. The normalized spacial score (nSPS) is 19.9. The quantitative estimate of drug-likeness (QED) is 0.921. The van der Waals surface area contributed by atoms with Crippen LogP contribution in [-0.2, 0) is 14.8 Å². The molecule has 1 aliphatic heterocycles. The molecule has 0 aliphatic carbocycles. The predicted molar refractivity (Wildman–Crippen MR) is 70.3 cm³/mol. The highest BCUT2D eigenvalue weighted by atomic mass is 35.5. The number of sulfonamides is 1. The summed E-state index contributed by atoms with van der Waals surface area (Å²) in [5, 5.41) is 8.91. The van der Waals surface area contributed by atoms with Crippen LogP contribution < -0.4 is 4.72 Å². The van der Waals surface area contributed by atoms with Crippen LogP contribution in [-0.4, -0.2) is 27.7 Å². The van der Waals surface area contributed by atoms with Crippen LogP contribution in [0.3, 0.4) is 0 Å². The van der Waals surface area contributed by atoms with E-state index in [1.807, 2.05) is 6.07 Å². The number of nitrogens with one attached hydrogen (secondary N) is 1. The van der Waals surface area contributed by atoms with Gasteiger partial charge in [-0.25, -0.2) is 13.1 Å². The number of hydrogen-bond acceptors (Lipinski definition) is 4. The Labute approximate surface area is 117 Å². The van der Waals surface area contributed by atoms with Gasteiger partial charge in [-0.15, -0.1) is 0 Å². The molecule has 1 unspecified atom stereocenters. The van der Waals surface area contributed by atoms with Crippen molar-refractivity contribution in [1.82, 2.24) is 4.72 Å². The summed E-state index contributed by atoms with van der Waals surface area (Å²) in [4.78, 5) is -0.0706. The first kappa shape index (κ1) is 14.3. The molecule has 1 aromatic rings. The molecule has 0 saturated carbocycles. The first-order valence-electron chi connectivity index (χ1n) is 5.82. The molecule has 1 heterocycles. The Balaban J connectivity index is 2.26. The lowest BCUT2D eigenvalue weighted by Gasteiger charge is -2.23. The fourth-order valence-electron chi connectivity index (χ4n) is 1.90. The molecule has 1 saturated heterocycles. The Morgan fingerprint density at radius 1 is 1.47 bits per heavy atom. The average Bonchev–Trinajstić information content (AvgIpc) is 2.39. The van der Waals surface area contributed by atoms with E-state index < -0.39 is 10.0 Å². The number of rotatable bonds is 3. The van der Waals surface area contributed by atoms with Gasteiger partial charge in [0.2, 0.25) is 10.0 Å². The second-order valence-electron chi connectivity index (χ2n) is 4.29. The zero-order chi connectivity index (χ0) is 13.9. The van der Waals surface area contributed by atoms with Crippen molar-refractivity contribution in [3.8, 4) is 6.07 Å². The van der Waals surface area contributed by atoms with E-state index in [4.69, 9.17) is 21.6 Å². The summed E-state index contributed by atoms with van der Waals surface area (Å²) in [6.07, 6.45) is 1.55. The summed E-state index contributed by atoms with van der Waals surface area (Å²) in [5.74, 6) is 0. The maximum atomic E-state index is 12.2. The molecule has 0 aromatic heterocycles. The van der Waals surface area contributed by atoms with Crippen LogP contribution in [0.1, 0.15) is 18.4 Å². The summed E-state index contributed by atoms with van der Waals surface area (Å²) >= 11 is 5.90. The van der Waals surface area contributed by atoms with Gasteiger partial charge in [0.1, 0.15) is 4.90 Å². The van der Waals surface area contributed by atoms with Crippen molar-refractivity contribution in [2.24, 2.45) is 0 Å². The van der Waals surface area contributed by atoms with E-state index in [1.165, 1.54) is 18.2 Å². The van der Waals surface area contributed by atoms with Crippen LogP contribution in [0.5, 0.6) is 0 Å². The topological polar surface area (TPSA) is 79.2 Å². The molecule has 0 amide bonds. The summed E-state index contributed by atoms with van der Waals surface area (Å²) in [6.45, 7) is 1.01. The van der Waals surface area contributed by atoms with Gasteiger partial charge in [-0.2, -0.15) is 5.26 Å². The third-order valence-corrected chi connectivity index (χ3v) is 4.83. The first-order valence-corrected chi connectivity index (χ1v) is 7.69. The second-order valence-corrected chi connectivity index (χ2v) is 6.38. The van der Waals surface area contributed by atoms with Gasteiger partial charge in [-0.1, -0.05) is 11.6 Å². The van der Waals surface area contributed by atoms with E-state index in [9.17, 15) is 8.42 Å². The number of hydrogen-bond donors (Lipinski definition) is 1. The van der Waals surface area contributed by atoms with Gasteiger partial charge in [0, 0.05) is 12.6 Å². The lowest BCUT2D eigenvalue weighted by Crippen LogP contribution is -2.40. The van der Waals surface area contributed by atoms with E-state index in [1.54, 1.807) is 0 Å². The van der Waals surface area contributed by atoms with Crippen molar-refractivity contribution >= 4 is 21.6 Å². The molecule has 102 valence electrons. The minimum absolute atomic E-state index is 0.0706. The number of benzene rings is 1. The number of ether oxygens (including phenoxy) is 1. The third kappa shape index (κ3) is 3.45. The van der Waals surface area contributed by atoms with Crippen molar-refractivity contribution in [1.29, 1.82) is 5.26 Å². The SMILES string of the molecule is N#Cc1ccc(Cl)c(S(=O)(=O)NC2CCCOC2)c1. The molecular weight excluding hydrogens is 288 g/mol. The van der Waals surface area contributed by atoms with E-state index in [0.717, 1.165) is 12.8 Å². The Kier molecular flexibility index (Phi) is 4.42. The van der Waals surface area contributed by atoms with Crippen molar-refractivity contribution in [2.75, 3.05) is 13.2 Å². The standard InChI is InChI=1S/C12H13ClN2O3S/c13-11-4-3-9(7-14)6-12(11)19(16,17)15-10-2-1-5-18-8-10/h3-4,6,10,15H,1-2,5,8H2. The fraction of sp³-hybridized carbons (Fsp3) is 0.417. The molecule has 7 heteroatoms. The molecule has 1 aliphatic rings. The zero-order valence-electron chi connectivity index (χ0n) is 10.1. The summed E-state index contributed by atoms with van der Waals surface area (Å²) in [6, 6.07) is 5.80. The van der Waals surface area contributed by atoms with Crippen molar-refractivity contribution in [2.45, 2.75) is 23.8 Å². The van der Waals surface area contributed by atoms with Crippen molar-refractivity contribution in [3.63, 3.8) is 0 Å². The molecule has 1 atom stereocenters. The Morgan fingerprint density at radius 2 is 2.26 bits per heavy atom. The lowest BCUT2D eigenvalue weighted by molar-refractivity contribution is 0.0774. The monoisotopic (exact) mass is 300 g/mol. The maximum absolute atomic E-state index is 12.2. The van der Waals surface area contributed by atoms with Crippen molar-refractivity contribution < 1.29 is 13.2 Å².